The first-order chi connectivity index (χ1) is 12.7. The maximum absolute atomic E-state index is 12.5. The van der Waals surface area contributed by atoms with Crippen molar-refractivity contribution in [1.82, 2.24) is 9.78 Å². The molecule has 4 rings (SSSR count). The number of nitrogens with one attached hydrogen (secondary N) is 1. The summed E-state index contributed by atoms with van der Waals surface area (Å²) in [6, 6.07) is 17.3. The quantitative estimate of drug-likeness (QED) is 0.766. The van der Waals surface area contributed by atoms with E-state index < -0.39 is 0 Å². The molecule has 0 spiro atoms. The molecule has 5 nitrogen and oxygen atoms in total. The van der Waals surface area contributed by atoms with Crippen LogP contribution in [0.15, 0.2) is 65.6 Å². The van der Waals surface area contributed by atoms with E-state index in [4.69, 9.17) is 16.3 Å². The molecule has 2 heterocycles. The Bertz CT molecular complexity index is 972. The lowest BCUT2D eigenvalue weighted by molar-refractivity contribution is 0.229. The summed E-state index contributed by atoms with van der Waals surface area (Å²) in [5, 5.41) is 7.62. The minimum absolute atomic E-state index is 0.140. The first-order valence-corrected chi connectivity index (χ1v) is 8.88. The monoisotopic (exact) mass is 367 g/mol. The van der Waals surface area contributed by atoms with Crippen LogP contribution < -0.4 is 15.6 Å². The highest BCUT2D eigenvalue weighted by atomic mass is 35.5. The smallest absolute Gasteiger partial charge is 0.292 e. The van der Waals surface area contributed by atoms with E-state index in [-0.39, 0.29) is 10.6 Å². The Hall–Kier alpha value is -2.79. The van der Waals surface area contributed by atoms with Gasteiger partial charge in [-0.05, 0) is 30.2 Å². The second-order valence-electron chi connectivity index (χ2n) is 6.29. The summed E-state index contributed by atoms with van der Waals surface area (Å²) >= 11 is 6.28. The third-order valence-corrected chi connectivity index (χ3v) is 4.82. The van der Waals surface area contributed by atoms with E-state index in [9.17, 15) is 4.79 Å². The molecule has 26 heavy (non-hydrogen) atoms. The number of nitrogens with zero attached hydrogens (tertiary/aromatic N) is 2. The zero-order chi connectivity index (χ0) is 17.9. The van der Waals surface area contributed by atoms with Gasteiger partial charge in [-0.2, -0.15) is 9.78 Å². The van der Waals surface area contributed by atoms with Crippen molar-refractivity contribution >= 4 is 17.3 Å². The van der Waals surface area contributed by atoms with Crippen LogP contribution in [-0.2, 0) is 6.42 Å². The minimum Gasteiger partial charge on any atom is -0.493 e. The van der Waals surface area contributed by atoms with E-state index in [1.54, 1.807) is 6.20 Å². The van der Waals surface area contributed by atoms with Crippen LogP contribution in [0.3, 0.4) is 0 Å². The van der Waals surface area contributed by atoms with Gasteiger partial charge in [0.05, 0.1) is 24.2 Å². The van der Waals surface area contributed by atoms with Crippen molar-refractivity contribution < 1.29 is 4.74 Å². The molecule has 132 valence electrons. The summed E-state index contributed by atoms with van der Waals surface area (Å²) in [4.78, 5) is 12.5. The summed E-state index contributed by atoms with van der Waals surface area (Å²) < 4.78 is 7.10. The van der Waals surface area contributed by atoms with Gasteiger partial charge in [-0.25, -0.2) is 0 Å². The third kappa shape index (κ3) is 3.30. The minimum atomic E-state index is -0.340. The standard InChI is InChI=1S/C20H18ClN3O2/c21-19-17(12-23-24(20(19)25)16-7-2-1-3-8-16)22-11-14-10-15-6-4-5-9-18(15)26-13-14/h1-9,12,14,22H,10-11,13H2. The van der Waals surface area contributed by atoms with Gasteiger partial charge < -0.3 is 10.1 Å². The molecule has 1 unspecified atom stereocenters. The molecule has 1 atom stereocenters. The van der Waals surface area contributed by atoms with Gasteiger partial charge in [-0.15, -0.1) is 0 Å². The first-order valence-electron chi connectivity index (χ1n) is 8.50. The van der Waals surface area contributed by atoms with E-state index >= 15 is 0 Å². The summed E-state index contributed by atoms with van der Waals surface area (Å²) in [7, 11) is 0. The highest BCUT2D eigenvalue weighted by Gasteiger charge is 2.20. The van der Waals surface area contributed by atoms with Gasteiger partial charge in [0.1, 0.15) is 10.8 Å². The van der Waals surface area contributed by atoms with Gasteiger partial charge in [0, 0.05) is 12.5 Å². The molecule has 0 bridgehead atoms. The second kappa shape index (κ2) is 7.22. The lowest BCUT2D eigenvalue weighted by Crippen LogP contribution is -2.28. The molecule has 1 aliphatic heterocycles. The number of ether oxygens (including phenoxy) is 1. The second-order valence-corrected chi connectivity index (χ2v) is 6.67. The predicted octanol–water partition coefficient (Wildman–Crippen LogP) is 3.55. The van der Waals surface area contributed by atoms with Gasteiger partial charge in [0.2, 0.25) is 0 Å². The van der Waals surface area contributed by atoms with Crippen LogP contribution in [0.2, 0.25) is 5.02 Å². The van der Waals surface area contributed by atoms with Gasteiger partial charge >= 0.3 is 0 Å². The highest BCUT2D eigenvalue weighted by Crippen LogP contribution is 2.27. The maximum atomic E-state index is 12.5. The van der Waals surface area contributed by atoms with Crippen molar-refractivity contribution in [2.24, 2.45) is 5.92 Å². The Labute approximate surface area is 156 Å². The maximum Gasteiger partial charge on any atom is 0.292 e. The Kier molecular flexibility index (Phi) is 4.63. The number of aromatic nitrogens is 2. The van der Waals surface area contributed by atoms with Crippen LogP contribution in [0.4, 0.5) is 5.69 Å². The molecule has 1 aromatic heterocycles. The van der Waals surface area contributed by atoms with Crippen LogP contribution in [0.1, 0.15) is 5.56 Å². The number of halogens is 1. The fourth-order valence-electron chi connectivity index (χ4n) is 3.09. The number of para-hydroxylation sites is 2. The topological polar surface area (TPSA) is 56.1 Å². The van der Waals surface area contributed by atoms with Gasteiger partial charge in [0.15, 0.2) is 0 Å². The fourth-order valence-corrected chi connectivity index (χ4v) is 3.28. The van der Waals surface area contributed by atoms with Crippen LogP contribution in [0, 0.1) is 5.92 Å². The average molecular weight is 368 g/mol. The normalized spacial score (nSPS) is 15.8. The molecule has 0 amide bonds. The van der Waals surface area contributed by atoms with Crippen molar-refractivity contribution in [1.29, 1.82) is 0 Å². The fraction of sp³-hybridized carbons (Fsp3) is 0.200. The van der Waals surface area contributed by atoms with E-state index in [0.29, 0.717) is 30.4 Å². The predicted molar refractivity (Wildman–Crippen MR) is 102 cm³/mol. The number of benzene rings is 2. The molecule has 3 aromatic rings. The first kappa shape index (κ1) is 16.7. The molecule has 6 heteroatoms. The van der Waals surface area contributed by atoms with Crippen LogP contribution in [0.5, 0.6) is 5.75 Å². The van der Waals surface area contributed by atoms with Crippen molar-refractivity contribution in [3.8, 4) is 11.4 Å². The molecular weight excluding hydrogens is 350 g/mol. The number of anilines is 1. The van der Waals surface area contributed by atoms with E-state index in [1.807, 2.05) is 48.5 Å². The van der Waals surface area contributed by atoms with Crippen LogP contribution in [-0.4, -0.2) is 22.9 Å². The zero-order valence-corrected chi connectivity index (χ0v) is 14.8. The number of fused-ring (bicyclic) bond motifs is 1. The highest BCUT2D eigenvalue weighted by molar-refractivity contribution is 6.32. The molecule has 0 saturated heterocycles. The zero-order valence-electron chi connectivity index (χ0n) is 14.1. The molecule has 0 radical (unpaired) electrons. The molecule has 1 N–H and O–H groups in total. The number of hydrogen-bond acceptors (Lipinski definition) is 4. The summed E-state index contributed by atoms with van der Waals surface area (Å²) in [5.41, 5.74) is 2.09. The summed E-state index contributed by atoms with van der Waals surface area (Å²) in [5.74, 6) is 1.26. The van der Waals surface area contributed by atoms with Gasteiger partial charge in [-0.3, -0.25) is 4.79 Å². The van der Waals surface area contributed by atoms with Crippen LogP contribution in [0.25, 0.3) is 5.69 Å². The van der Waals surface area contributed by atoms with Crippen molar-refractivity contribution in [3.05, 3.63) is 81.7 Å². The molecule has 0 fully saturated rings. The van der Waals surface area contributed by atoms with Crippen molar-refractivity contribution in [2.75, 3.05) is 18.5 Å². The van der Waals surface area contributed by atoms with Gasteiger partial charge in [0.25, 0.3) is 5.56 Å². The Morgan fingerprint density at radius 2 is 1.92 bits per heavy atom. The van der Waals surface area contributed by atoms with Crippen molar-refractivity contribution in [3.63, 3.8) is 0 Å². The Morgan fingerprint density at radius 1 is 1.15 bits per heavy atom. The third-order valence-electron chi connectivity index (χ3n) is 4.46. The molecular formula is C20H18ClN3O2. The number of hydrogen-bond donors (Lipinski definition) is 1. The van der Waals surface area contributed by atoms with E-state index in [1.165, 1.54) is 10.2 Å². The molecule has 0 saturated carbocycles. The SMILES string of the molecule is O=c1c(Cl)c(NCC2COc3ccccc3C2)cnn1-c1ccccc1. The lowest BCUT2D eigenvalue weighted by atomic mass is 9.97. The molecule has 2 aromatic carbocycles. The van der Waals surface area contributed by atoms with Gasteiger partial charge in [-0.1, -0.05) is 48.0 Å². The van der Waals surface area contributed by atoms with E-state index in [0.717, 1.165) is 12.2 Å². The van der Waals surface area contributed by atoms with E-state index in [2.05, 4.69) is 16.5 Å². The van der Waals surface area contributed by atoms with Crippen molar-refractivity contribution in [2.45, 2.75) is 6.42 Å². The lowest BCUT2D eigenvalue weighted by Gasteiger charge is -2.25. The average Bonchev–Trinajstić information content (AvgIpc) is 2.69. The molecule has 1 aliphatic rings. The Morgan fingerprint density at radius 3 is 2.77 bits per heavy atom. The molecule has 0 aliphatic carbocycles. The Balaban J connectivity index is 1.48. The number of rotatable bonds is 4. The van der Waals surface area contributed by atoms with Crippen LogP contribution >= 0.6 is 11.6 Å². The largest absolute Gasteiger partial charge is 0.493 e. The summed E-state index contributed by atoms with van der Waals surface area (Å²) in [6.07, 6.45) is 2.52. The summed E-state index contributed by atoms with van der Waals surface area (Å²) in [6.45, 7) is 1.29.